The lowest BCUT2D eigenvalue weighted by atomic mass is 9.95. The molecule has 0 aromatic heterocycles. The number of amides is 2. The molecular formula is C14H25N3O2. The van der Waals surface area contributed by atoms with Crippen molar-refractivity contribution in [3.05, 3.63) is 0 Å². The summed E-state index contributed by atoms with van der Waals surface area (Å²) in [5.41, 5.74) is 0. The van der Waals surface area contributed by atoms with Crippen molar-refractivity contribution in [3.63, 3.8) is 0 Å². The second-order valence-corrected chi connectivity index (χ2v) is 5.89. The lowest BCUT2D eigenvalue weighted by Crippen LogP contribution is -2.46. The summed E-state index contributed by atoms with van der Waals surface area (Å²) in [6.45, 7) is 2.74. The number of likely N-dealkylation sites (N-methyl/N-ethyl adjacent to an activating group) is 1. The summed E-state index contributed by atoms with van der Waals surface area (Å²) in [5, 5.41) is 3.34. The van der Waals surface area contributed by atoms with Gasteiger partial charge in [-0.05, 0) is 44.7 Å². The Morgan fingerprint density at radius 2 is 2.05 bits per heavy atom. The van der Waals surface area contributed by atoms with Gasteiger partial charge in [-0.25, -0.2) is 0 Å². The second kappa shape index (κ2) is 6.37. The van der Waals surface area contributed by atoms with Gasteiger partial charge in [0.05, 0.1) is 0 Å². The molecule has 0 aromatic rings. The molecule has 0 bridgehead atoms. The van der Waals surface area contributed by atoms with Gasteiger partial charge in [0.15, 0.2) is 0 Å². The van der Waals surface area contributed by atoms with Crippen LogP contribution in [0.15, 0.2) is 0 Å². The number of hydrogen-bond donors (Lipinski definition) is 1. The summed E-state index contributed by atoms with van der Waals surface area (Å²) >= 11 is 0. The van der Waals surface area contributed by atoms with Gasteiger partial charge in [0, 0.05) is 27.1 Å². The summed E-state index contributed by atoms with van der Waals surface area (Å²) in [6.07, 6.45) is 4.62. The van der Waals surface area contributed by atoms with Crippen LogP contribution in [0.5, 0.6) is 0 Å². The third-order valence-corrected chi connectivity index (χ3v) is 4.16. The van der Waals surface area contributed by atoms with Gasteiger partial charge < -0.3 is 15.1 Å². The van der Waals surface area contributed by atoms with Crippen LogP contribution in [0.4, 0.5) is 0 Å². The van der Waals surface area contributed by atoms with E-state index in [-0.39, 0.29) is 17.9 Å². The minimum absolute atomic E-state index is 0.0626. The highest BCUT2D eigenvalue weighted by Gasteiger charge is 2.35. The molecule has 0 aliphatic carbocycles. The zero-order chi connectivity index (χ0) is 13.8. The average Bonchev–Trinajstić information content (AvgIpc) is 2.88. The summed E-state index contributed by atoms with van der Waals surface area (Å²) < 4.78 is 0. The molecule has 2 atom stereocenters. The Bertz CT molecular complexity index is 338. The Morgan fingerprint density at radius 1 is 1.26 bits per heavy atom. The average molecular weight is 267 g/mol. The molecule has 19 heavy (non-hydrogen) atoms. The minimum atomic E-state index is -0.223. The van der Waals surface area contributed by atoms with Gasteiger partial charge in [-0.2, -0.15) is 0 Å². The molecule has 0 radical (unpaired) electrons. The van der Waals surface area contributed by atoms with Crippen LogP contribution in [0, 0.1) is 5.92 Å². The van der Waals surface area contributed by atoms with Crippen molar-refractivity contribution in [2.75, 3.05) is 33.7 Å². The maximum absolute atomic E-state index is 12.4. The lowest BCUT2D eigenvalue weighted by Gasteiger charge is -2.29. The van der Waals surface area contributed by atoms with Crippen molar-refractivity contribution >= 4 is 11.8 Å². The molecule has 108 valence electrons. The number of nitrogens with zero attached hydrogens (tertiary/aromatic N) is 2. The summed E-state index contributed by atoms with van der Waals surface area (Å²) in [5.74, 6) is 0.663. The van der Waals surface area contributed by atoms with Crippen LogP contribution in [0.25, 0.3) is 0 Å². The maximum atomic E-state index is 12.4. The van der Waals surface area contributed by atoms with Crippen LogP contribution in [-0.4, -0.2) is 61.4 Å². The van der Waals surface area contributed by atoms with Crippen LogP contribution in [0.3, 0.4) is 0 Å². The third kappa shape index (κ3) is 3.47. The molecule has 2 saturated heterocycles. The molecule has 5 nitrogen and oxygen atoms in total. The van der Waals surface area contributed by atoms with E-state index in [0.717, 1.165) is 45.3 Å². The molecule has 2 unspecified atom stereocenters. The molecule has 0 spiro atoms. The highest BCUT2D eigenvalue weighted by atomic mass is 16.2. The van der Waals surface area contributed by atoms with Gasteiger partial charge in [0.2, 0.25) is 11.8 Å². The topological polar surface area (TPSA) is 52.7 Å². The van der Waals surface area contributed by atoms with E-state index < -0.39 is 0 Å². The van der Waals surface area contributed by atoms with Crippen molar-refractivity contribution in [1.82, 2.24) is 15.1 Å². The number of hydrogen-bond acceptors (Lipinski definition) is 3. The van der Waals surface area contributed by atoms with Crippen LogP contribution >= 0.6 is 0 Å². The Balaban J connectivity index is 1.91. The number of rotatable bonds is 3. The standard InChI is InChI=1S/C14H25N3O2/c1-16(2)14(19)12-6-4-8-17(12)13(18)9-11-5-3-7-15-10-11/h11-12,15H,3-10H2,1-2H3. The molecule has 0 saturated carbocycles. The fourth-order valence-electron chi connectivity index (χ4n) is 3.08. The van der Waals surface area contributed by atoms with E-state index in [9.17, 15) is 9.59 Å². The SMILES string of the molecule is CN(C)C(=O)C1CCCN1C(=O)CC1CCCNC1. The number of carbonyl (C=O) groups is 2. The zero-order valence-electron chi connectivity index (χ0n) is 12.0. The highest BCUT2D eigenvalue weighted by molar-refractivity contribution is 5.88. The Morgan fingerprint density at radius 3 is 2.68 bits per heavy atom. The van der Waals surface area contributed by atoms with E-state index >= 15 is 0 Å². The van der Waals surface area contributed by atoms with E-state index in [4.69, 9.17) is 0 Å². The summed E-state index contributed by atoms with van der Waals surface area (Å²) in [4.78, 5) is 27.8. The smallest absolute Gasteiger partial charge is 0.244 e. The van der Waals surface area contributed by atoms with E-state index in [1.165, 1.54) is 0 Å². The van der Waals surface area contributed by atoms with Crippen molar-refractivity contribution < 1.29 is 9.59 Å². The maximum Gasteiger partial charge on any atom is 0.244 e. The molecule has 2 amide bonds. The first-order chi connectivity index (χ1) is 9.09. The molecule has 5 heteroatoms. The van der Waals surface area contributed by atoms with Crippen molar-refractivity contribution in [1.29, 1.82) is 0 Å². The fourth-order valence-corrected chi connectivity index (χ4v) is 3.08. The lowest BCUT2D eigenvalue weighted by molar-refractivity contribution is -0.142. The predicted octanol–water partition coefficient (Wildman–Crippen LogP) is 0.455. The van der Waals surface area contributed by atoms with Crippen molar-refractivity contribution in [2.45, 2.75) is 38.1 Å². The normalized spacial score (nSPS) is 27.4. The second-order valence-electron chi connectivity index (χ2n) is 5.89. The quantitative estimate of drug-likeness (QED) is 0.808. The molecule has 2 heterocycles. The number of likely N-dealkylation sites (tertiary alicyclic amines) is 1. The largest absolute Gasteiger partial charge is 0.347 e. The fraction of sp³-hybridized carbons (Fsp3) is 0.857. The first-order valence-corrected chi connectivity index (χ1v) is 7.31. The molecule has 2 fully saturated rings. The van der Waals surface area contributed by atoms with Crippen LogP contribution in [-0.2, 0) is 9.59 Å². The summed E-state index contributed by atoms with van der Waals surface area (Å²) in [6, 6.07) is -0.223. The number of carbonyl (C=O) groups excluding carboxylic acids is 2. The summed E-state index contributed by atoms with van der Waals surface area (Å²) in [7, 11) is 3.52. The number of nitrogens with one attached hydrogen (secondary N) is 1. The van der Waals surface area contributed by atoms with E-state index in [1.807, 2.05) is 0 Å². The third-order valence-electron chi connectivity index (χ3n) is 4.16. The Labute approximate surface area is 115 Å². The minimum Gasteiger partial charge on any atom is -0.347 e. The van der Waals surface area contributed by atoms with Crippen LogP contribution in [0.2, 0.25) is 0 Å². The Kier molecular flexibility index (Phi) is 4.80. The van der Waals surface area contributed by atoms with Crippen molar-refractivity contribution in [2.24, 2.45) is 5.92 Å². The zero-order valence-corrected chi connectivity index (χ0v) is 12.0. The molecule has 2 aliphatic rings. The van der Waals surface area contributed by atoms with E-state index in [2.05, 4.69) is 5.32 Å². The van der Waals surface area contributed by atoms with Crippen LogP contribution < -0.4 is 5.32 Å². The first kappa shape index (κ1) is 14.3. The first-order valence-electron chi connectivity index (χ1n) is 7.31. The van der Waals surface area contributed by atoms with Gasteiger partial charge in [0.1, 0.15) is 6.04 Å². The monoisotopic (exact) mass is 267 g/mol. The van der Waals surface area contributed by atoms with Gasteiger partial charge in [-0.1, -0.05) is 0 Å². The van der Waals surface area contributed by atoms with Gasteiger partial charge in [-0.3, -0.25) is 9.59 Å². The highest BCUT2D eigenvalue weighted by Crippen LogP contribution is 2.23. The molecule has 0 aromatic carbocycles. The van der Waals surface area contributed by atoms with E-state index in [0.29, 0.717) is 12.3 Å². The van der Waals surface area contributed by atoms with Gasteiger partial charge in [-0.15, -0.1) is 0 Å². The molecule has 2 aliphatic heterocycles. The molecule has 2 rings (SSSR count). The molecular weight excluding hydrogens is 242 g/mol. The van der Waals surface area contributed by atoms with Crippen LogP contribution in [0.1, 0.15) is 32.1 Å². The Hall–Kier alpha value is -1.10. The molecule has 1 N–H and O–H groups in total. The van der Waals surface area contributed by atoms with Gasteiger partial charge >= 0.3 is 0 Å². The van der Waals surface area contributed by atoms with E-state index in [1.54, 1.807) is 23.9 Å². The van der Waals surface area contributed by atoms with Crippen molar-refractivity contribution in [3.8, 4) is 0 Å². The predicted molar refractivity (Wildman–Crippen MR) is 73.6 cm³/mol. The van der Waals surface area contributed by atoms with Gasteiger partial charge in [0.25, 0.3) is 0 Å². The number of piperidine rings is 1.